The van der Waals surface area contributed by atoms with E-state index < -0.39 is 0 Å². The summed E-state index contributed by atoms with van der Waals surface area (Å²) in [6, 6.07) is 2.52. The van der Waals surface area contributed by atoms with E-state index in [4.69, 9.17) is 20.4 Å². The summed E-state index contributed by atoms with van der Waals surface area (Å²) >= 11 is 1.96. The van der Waals surface area contributed by atoms with Gasteiger partial charge in [-0.1, -0.05) is 0 Å². The molecule has 1 aromatic rings. The number of nitrogens with two attached hydrogens (primary N) is 1. The zero-order chi connectivity index (χ0) is 16.2. The molecule has 144 valence electrons. The van der Waals surface area contributed by atoms with E-state index in [9.17, 15) is 0 Å². The van der Waals surface area contributed by atoms with Crippen LogP contribution in [-0.4, -0.2) is 48.2 Å². The van der Waals surface area contributed by atoms with Crippen LogP contribution in [0.2, 0.25) is 0 Å². The molecule has 0 radical (unpaired) electrons. The summed E-state index contributed by atoms with van der Waals surface area (Å²) in [6.45, 7) is 2.67. The van der Waals surface area contributed by atoms with Crippen LogP contribution >= 0.6 is 36.6 Å². The molecule has 0 aromatic carbocycles. The first kappa shape index (κ1) is 22.8. The molecular formula is C17H30Cl2N4OS. The molecule has 3 rings (SSSR count). The molecule has 0 atom stereocenters. The molecule has 2 heterocycles. The van der Waals surface area contributed by atoms with Gasteiger partial charge in [-0.3, -0.25) is 0 Å². The maximum Gasteiger partial charge on any atom is 0.156 e. The standard InChI is InChI=1S/C17H28N4OS.2ClH/c1-22-10-16-19-15(13-7-14(18)8-13)9-17(20-16)21-5-3-12(4-6-21)11-23-2;;/h9,12-14H,3-8,10-11,18H2,1-2H3;2*1H. The van der Waals surface area contributed by atoms with Crippen molar-refractivity contribution in [1.29, 1.82) is 0 Å². The number of rotatable bonds is 6. The molecule has 1 saturated heterocycles. The summed E-state index contributed by atoms with van der Waals surface area (Å²) < 4.78 is 5.26. The van der Waals surface area contributed by atoms with E-state index in [1.54, 1.807) is 7.11 Å². The molecule has 25 heavy (non-hydrogen) atoms. The Bertz CT molecular complexity index is 523. The van der Waals surface area contributed by atoms with Crippen LogP contribution in [0.15, 0.2) is 6.07 Å². The Balaban J connectivity index is 0.00000156. The SMILES string of the molecule is COCc1nc(C2CC(N)C2)cc(N2CCC(CSC)CC2)n1.Cl.Cl. The molecule has 0 bridgehead atoms. The number of anilines is 1. The van der Waals surface area contributed by atoms with Gasteiger partial charge in [0.2, 0.25) is 0 Å². The van der Waals surface area contributed by atoms with Crippen molar-refractivity contribution in [1.82, 2.24) is 9.97 Å². The Kier molecular flexibility index (Phi) is 9.82. The first-order valence-corrected chi connectivity index (χ1v) is 9.95. The summed E-state index contributed by atoms with van der Waals surface area (Å²) in [5, 5.41) is 0. The highest BCUT2D eigenvalue weighted by molar-refractivity contribution is 7.98. The third-order valence-electron chi connectivity index (χ3n) is 4.99. The monoisotopic (exact) mass is 408 g/mol. The number of halogens is 2. The lowest BCUT2D eigenvalue weighted by Crippen LogP contribution is -2.37. The van der Waals surface area contributed by atoms with Crippen molar-refractivity contribution < 1.29 is 4.74 Å². The predicted octanol–water partition coefficient (Wildman–Crippen LogP) is 3.25. The number of thioether (sulfide) groups is 1. The van der Waals surface area contributed by atoms with E-state index in [0.717, 1.165) is 49.2 Å². The minimum absolute atomic E-state index is 0. The Morgan fingerprint density at radius 3 is 2.48 bits per heavy atom. The number of aromatic nitrogens is 2. The van der Waals surface area contributed by atoms with Gasteiger partial charge in [-0.2, -0.15) is 11.8 Å². The lowest BCUT2D eigenvalue weighted by Gasteiger charge is -2.35. The van der Waals surface area contributed by atoms with Crippen molar-refractivity contribution in [3.63, 3.8) is 0 Å². The number of hydrogen-bond donors (Lipinski definition) is 1. The average Bonchev–Trinajstić information content (AvgIpc) is 2.53. The second kappa shape index (κ2) is 10.8. The van der Waals surface area contributed by atoms with Gasteiger partial charge >= 0.3 is 0 Å². The topological polar surface area (TPSA) is 64.3 Å². The van der Waals surface area contributed by atoms with Crippen molar-refractivity contribution in [2.24, 2.45) is 11.7 Å². The third-order valence-corrected chi connectivity index (χ3v) is 5.79. The van der Waals surface area contributed by atoms with Gasteiger partial charge in [0, 0.05) is 43.9 Å². The molecule has 0 amide bonds. The van der Waals surface area contributed by atoms with Gasteiger partial charge < -0.3 is 15.4 Å². The van der Waals surface area contributed by atoms with E-state index in [1.807, 2.05) is 11.8 Å². The highest BCUT2D eigenvalue weighted by Crippen LogP contribution is 2.36. The molecule has 1 saturated carbocycles. The first-order valence-electron chi connectivity index (χ1n) is 8.55. The summed E-state index contributed by atoms with van der Waals surface area (Å²) in [4.78, 5) is 11.8. The quantitative estimate of drug-likeness (QED) is 0.778. The van der Waals surface area contributed by atoms with Gasteiger partial charge in [-0.05, 0) is 43.6 Å². The van der Waals surface area contributed by atoms with Gasteiger partial charge in [0.15, 0.2) is 5.82 Å². The molecule has 8 heteroatoms. The van der Waals surface area contributed by atoms with E-state index in [2.05, 4.69) is 17.2 Å². The van der Waals surface area contributed by atoms with Crippen molar-refractivity contribution in [2.45, 2.75) is 44.2 Å². The largest absolute Gasteiger partial charge is 0.377 e. The number of piperidine rings is 1. The second-order valence-electron chi connectivity index (χ2n) is 6.81. The molecule has 5 nitrogen and oxygen atoms in total. The van der Waals surface area contributed by atoms with E-state index in [0.29, 0.717) is 18.6 Å². The highest BCUT2D eigenvalue weighted by Gasteiger charge is 2.30. The van der Waals surface area contributed by atoms with Crippen molar-refractivity contribution in [2.75, 3.05) is 37.1 Å². The van der Waals surface area contributed by atoms with Crippen molar-refractivity contribution >= 4 is 42.4 Å². The van der Waals surface area contributed by atoms with Crippen LogP contribution in [0.5, 0.6) is 0 Å². The van der Waals surface area contributed by atoms with Crippen LogP contribution in [0, 0.1) is 5.92 Å². The summed E-state index contributed by atoms with van der Waals surface area (Å²) in [5.74, 6) is 4.50. The second-order valence-corrected chi connectivity index (χ2v) is 7.73. The summed E-state index contributed by atoms with van der Waals surface area (Å²) in [7, 11) is 1.70. The fourth-order valence-corrected chi connectivity index (χ4v) is 4.34. The van der Waals surface area contributed by atoms with Crippen LogP contribution < -0.4 is 10.6 Å². The normalized spacial score (nSPS) is 23.4. The number of ether oxygens (including phenoxy) is 1. The lowest BCUT2D eigenvalue weighted by molar-refractivity contribution is 0.177. The van der Waals surface area contributed by atoms with Crippen LogP contribution in [0.25, 0.3) is 0 Å². The summed E-state index contributed by atoms with van der Waals surface area (Å²) in [6.07, 6.45) is 6.79. The Morgan fingerprint density at radius 2 is 1.92 bits per heavy atom. The molecule has 2 N–H and O–H groups in total. The average molecular weight is 409 g/mol. The molecule has 1 aromatic heterocycles. The van der Waals surface area contributed by atoms with Crippen LogP contribution in [0.4, 0.5) is 5.82 Å². The molecule has 1 aliphatic heterocycles. The Labute approximate surface area is 167 Å². The van der Waals surface area contributed by atoms with Crippen LogP contribution in [0.1, 0.15) is 43.1 Å². The maximum atomic E-state index is 5.95. The zero-order valence-electron chi connectivity index (χ0n) is 15.0. The fraction of sp³-hybridized carbons (Fsp3) is 0.765. The molecular weight excluding hydrogens is 379 g/mol. The molecule has 1 aliphatic carbocycles. The molecule has 0 unspecified atom stereocenters. The van der Waals surface area contributed by atoms with Gasteiger partial charge in [-0.15, -0.1) is 24.8 Å². The van der Waals surface area contributed by atoms with Crippen LogP contribution in [0.3, 0.4) is 0 Å². The smallest absolute Gasteiger partial charge is 0.156 e. The molecule has 2 aliphatic rings. The van der Waals surface area contributed by atoms with Gasteiger partial charge in [0.1, 0.15) is 12.4 Å². The third kappa shape index (κ3) is 5.86. The minimum Gasteiger partial charge on any atom is -0.377 e. The van der Waals surface area contributed by atoms with E-state index in [-0.39, 0.29) is 24.8 Å². The van der Waals surface area contributed by atoms with Gasteiger partial charge in [0.25, 0.3) is 0 Å². The molecule has 0 spiro atoms. The number of methoxy groups -OCH3 is 1. The van der Waals surface area contributed by atoms with E-state index in [1.165, 1.54) is 18.6 Å². The predicted molar refractivity (Wildman–Crippen MR) is 111 cm³/mol. The van der Waals surface area contributed by atoms with Crippen molar-refractivity contribution in [3.05, 3.63) is 17.6 Å². The van der Waals surface area contributed by atoms with Gasteiger partial charge in [-0.25, -0.2) is 9.97 Å². The van der Waals surface area contributed by atoms with Crippen LogP contribution in [-0.2, 0) is 11.3 Å². The Morgan fingerprint density at radius 1 is 1.24 bits per heavy atom. The van der Waals surface area contributed by atoms with Crippen molar-refractivity contribution in [3.8, 4) is 0 Å². The lowest BCUT2D eigenvalue weighted by atomic mass is 9.78. The number of hydrogen-bond acceptors (Lipinski definition) is 6. The highest BCUT2D eigenvalue weighted by atomic mass is 35.5. The number of nitrogens with zero attached hydrogens (tertiary/aromatic N) is 3. The zero-order valence-corrected chi connectivity index (χ0v) is 17.5. The maximum absolute atomic E-state index is 5.95. The first-order chi connectivity index (χ1) is 11.2. The van der Waals surface area contributed by atoms with E-state index >= 15 is 0 Å². The molecule has 2 fully saturated rings. The fourth-order valence-electron chi connectivity index (χ4n) is 3.54. The Hall–Kier alpha value is -0.270. The summed E-state index contributed by atoms with van der Waals surface area (Å²) in [5.41, 5.74) is 7.10. The minimum atomic E-state index is 0. The van der Waals surface area contributed by atoms with Gasteiger partial charge in [0.05, 0.1) is 0 Å².